The zero-order valence-electron chi connectivity index (χ0n) is 8.99. The lowest BCUT2D eigenvalue weighted by molar-refractivity contribution is -0.120. The molecule has 1 amide bonds. The summed E-state index contributed by atoms with van der Waals surface area (Å²) in [6.45, 7) is 2.39. The molecule has 4 heteroatoms. The first-order valence-corrected chi connectivity index (χ1v) is 6.03. The first-order valence-electron chi connectivity index (χ1n) is 4.80. The van der Waals surface area contributed by atoms with Gasteiger partial charge in [-0.05, 0) is 30.5 Å². The van der Waals surface area contributed by atoms with Crippen molar-refractivity contribution in [2.45, 2.75) is 11.8 Å². The van der Waals surface area contributed by atoms with Crippen molar-refractivity contribution in [3.05, 3.63) is 24.3 Å². The van der Waals surface area contributed by atoms with E-state index >= 15 is 0 Å². The fourth-order valence-electron chi connectivity index (χ4n) is 1.08. The van der Waals surface area contributed by atoms with Crippen LogP contribution in [0.2, 0.25) is 0 Å². The molecule has 0 radical (unpaired) electrons. The van der Waals surface area contributed by atoms with Crippen molar-refractivity contribution >= 4 is 23.4 Å². The number of benzene rings is 1. The van der Waals surface area contributed by atoms with E-state index in [1.165, 1.54) is 4.90 Å². The van der Waals surface area contributed by atoms with Crippen molar-refractivity contribution in [2.24, 2.45) is 11.7 Å². The van der Waals surface area contributed by atoms with Gasteiger partial charge in [0.05, 0.1) is 5.92 Å². The Hall–Kier alpha value is -1.16. The van der Waals surface area contributed by atoms with Gasteiger partial charge in [0.2, 0.25) is 5.91 Å². The van der Waals surface area contributed by atoms with E-state index in [9.17, 15) is 4.79 Å². The van der Waals surface area contributed by atoms with Gasteiger partial charge in [-0.2, -0.15) is 0 Å². The predicted molar refractivity (Wildman–Crippen MR) is 65.1 cm³/mol. The molecule has 1 unspecified atom stereocenters. The molecule has 3 N–H and O–H groups in total. The number of thioether (sulfide) groups is 1. The van der Waals surface area contributed by atoms with Crippen LogP contribution in [0, 0.1) is 5.92 Å². The van der Waals surface area contributed by atoms with Crippen LogP contribution in [0.15, 0.2) is 29.2 Å². The maximum absolute atomic E-state index is 10.8. The van der Waals surface area contributed by atoms with Crippen molar-refractivity contribution in [2.75, 3.05) is 18.1 Å². The van der Waals surface area contributed by atoms with Crippen LogP contribution in [-0.4, -0.2) is 18.7 Å². The molecule has 0 aliphatic heterocycles. The quantitative estimate of drug-likeness (QED) is 0.752. The van der Waals surface area contributed by atoms with E-state index in [0.717, 1.165) is 5.69 Å². The van der Waals surface area contributed by atoms with Gasteiger partial charge in [0, 0.05) is 17.1 Å². The molecule has 0 saturated carbocycles. The number of primary amides is 1. The smallest absolute Gasteiger partial charge is 0.222 e. The van der Waals surface area contributed by atoms with Crippen molar-refractivity contribution in [1.82, 2.24) is 0 Å². The fraction of sp³-hybridized carbons (Fsp3) is 0.364. The summed E-state index contributed by atoms with van der Waals surface area (Å²) in [5.41, 5.74) is 6.18. The van der Waals surface area contributed by atoms with Crippen LogP contribution >= 0.6 is 11.8 Å². The molecule has 0 saturated heterocycles. The maximum atomic E-state index is 10.8. The summed E-state index contributed by atoms with van der Waals surface area (Å²) in [6.07, 6.45) is 2.04. The lowest BCUT2D eigenvalue weighted by Gasteiger charge is -2.10. The number of amides is 1. The molecule has 0 fully saturated rings. The third kappa shape index (κ3) is 3.83. The predicted octanol–water partition coefficient (Wildman–Crippen LogP) is 1.94. The second-order valence-electron chi connectivity index (χ2n) is 3.41. The van der Waals surface area contributed by atoms with Crippen LogP contribution in [0.25, 0.3) is 0 Å². The van der Waals surface area contributed by atoms with Crippen molar-refractivity contribution < 1.29 is 4.79 Å². The van der Waals surface area contributed by atoms with Gasteiger partial charge >= 0.3 is 0 Å². The van der Waals surface area contributed by atoms with E-state index in [-0.39, 0.29) is 11.8 Å². The first kappa shape index (κ1) is 11.9. The SMILES string of the molecule is CSc1ccc(NCC(C)C(N)=O)cc1. The van der Waals surface area contributed by atoms with Gasteiger partial charge in [-0.15, -0.1) is 11.8 Å². The summed E-state index contributed by atoms with van der Waals surface area (Å²) < 4.78 is 0. The zero-order chi connectivity index (χ0) is 11.3. The molecule has 3 nitrogen and oxygen atoms in total. The van der Waals surface area contributed by atoms with Crippen molar-refractivity contribution in [1.29, 1.82) is 0 Å². The summed E-state index contributed by atoms with van der Waals surface area (Å²) in [7, 11) is 0. The van der Waals surface area contributed by atoms with Gasteiger partial charge in [0.25, 0.3) is 0 Å². The maximum Gasteiger partial charge on any atom is 0.222 e. The molecule has 0 heterocycles. The molecule has 15 heavy (non-hydrogen) atoms. The van der Waals surface area contributed by atoms with E-state index in [4.69, 9.17) is 5.73 Å². The van der Waals surface area contributed by atoms with Crippen LogP contribution in [0.3, 0.4) is 0 Å². The Kier molecular flexibility index (Phi) is 4.49. The van der Waals surface area contributed by atoms with Crippen LogP contribution in [0.4, 0.5) is 5.69 Å². The molecule has 0 bridgehead atoms. The summed E-state index contributed by atoms with van der Waals surface area (Å²) in [5.74, 6) is -0.423. The highest BCUT2D eigenvalue weighted by Crippen LogP contribution is 2.17. The highest BCUT2D eigenvalue weighted by Gasteiger charge is 2.07. The third-order valence-electron chi connectivity index (χ3n) is 2.19. The Labute approximate surface area is 94.4 Å². The standard InChI is InChI=1S/C11H16N2OS/c1-8(11(12)14)7-13-9-3-5-10(15-2)6-4-9/h3-6,8,13H,7H2,1-2H3,(H2,12,14). The van der Waals surface area contributed by atoms with E-state index in [0.29, 0.717) is 6.54 Å². The number of rotatable bonds is 5. The zero-order valence-corrected chi connectivity index (χ0v) is 9.80. The third-order valence-corrected chi connectivity index (χ3v) is 2.93. The number of carbonyl (C=O) groups is 1. The lowest BCUT2D eigenvalue weighted by atomic mass is 10.1. The molecule has 0 aliphatic rings. The summed E-state index contributed by atoms with van der Waals surface area (Å²) in [6, 6.07) is 8.09. The van der Waals surface area contributed by atoms with Gasteiger partial charge in [-0.3, -0.25) is 4.79 Å². The highest BCUT2D eigenvalue weighted by molar-refractivity contribution is 7.98. The molecular formula is C11H16N2OS. The van der Waals surface area contributed by atoms with E-state index in [2.05, 4.69) is 5.32 Å². The highest BCUT2D eigenvalue weighted by atomic mass is 32.2. The first-order chi connectivity index (χ1) is 7.13. The van der Waals surface area contributed by atoms with Crippen molar-refractivity contribution in [3.63, 3.8) is 0 Å². The molecule has 0 spiro atoms. The average Bonchev–Trinajstić information content (AvgIpc) is 2.26. The van der Waals surface area contributed by atoms with E-state index in [1.54, 1.807) is 11.8 Å². The summed E-state index contributed by atoms with van der Waals surface area (Å²) >= 11 is 1.70. The fourth-order valence-corrected chi connectivity index (χ4v) is 1.49. The van der Waals surface area contributed by atoms with Gasteiger partial charge in [-0.1, -0.05) is 6.92 Å². The van der Waals surface area contributed by atoms with Gasteiger partial charge in [0.1, 0.15) is 0 Å². The lowest BCUT2D eigenvalue weighted by Crippen LogP contribution is -2.26. The van der Waals surface area contributed by atoms with Gasteiger partial charge < -0.3 is 11.1 Å². The second kappa shape index (κ2) is 5.66. The van der Waals surface area contributed by atoms with Crippen LogP contribution in [0.1, 0.15) is 6.92 Å². The minimum absolute atomic E-state index is 0.148. The molecular weight excluding hydrogens is 208 g/mol. The second-order valence-corrected chi connectivity index (χ2v) is 4.29. The Balaban J connectivity index is 2.47. The summed E-state index contributed by atoms with van der Waals surface area (Å²) in [5, 5.41) is 3.17. The van der Waals surface area contributed by atoms with Crippen LogP contribution < -0.4 is 11.1 Å². The Morgan fingerprint density at radius 3 is 2.53 bits per heavy atom. The van der Waals surface area contributed by atoms with Gasteiger partial charge in [-0.25, -0.2) is 0 Å². The Bertz CT molecular complexity index is 324. The molecule has 1 aromatic carbocycles. The number of anilines is 1. The minimum atomic E-state index is -0.275. The molecule has 0 aromatic heterocycles. The Morgan fingerprint density at radius 2 is 2.07 bits per heavy atom. The monoisotopic (exact) mass is 224 g/mol. The van der Waals surface area contributed by atoms with E-state index < -0.39 is 0 Å². The number of nitrogens with two attached hydrogens (primary N) is 1. The number of hydrogen-bond acceptors (Lipinski definition) is 3. The van der Waals surface area contributed by atoms with E-state index in [1.807, 2.05) is 37.4 Å². The minimum Gasteiger partial charge on any atom is -0.384 e. The summed E-state index contributed by atoms with van der Waals surface area (Å²) in [4.78, 5) is 12.0. The number of carbonyl (C=O) groups excluding carboxylic acids is 1. The molecule has 0 aliphatic carbocycles. The Morgan fingerprint density at radius 1 is 1.47 bits per heavy atom. The average molecular weight is 224 g/mol. The molecule has 1 aromatic rings. The molecule has 1 rings (SSSR count). The molecule has 1 atom stereocenters. The molecule has 82 valence electrons. The van der Waals surface area contributed by atoms with Crippen molar-refractivity contribution in [3.8, 4) is 0 Å². The topological polar surface area (TPSA) is 55.1 Å². The normalized spacial score (nSPS) is 12.1. The van der Waals surface area contributed by atoms with Crippen LogP contribution in [-0.2, 0) is 4.79 Å². The van der Waals surface area contributed by atoms with Crippen LogP contribution in [0.5, 0.6) is 0 Å². The number of hydrogen-bond donors (Lipinski definition) is 2. The largest absolute Gasteiger partial charge is 0.384 e. The number of nitrogens with one attached hydrogen (secondary N) is 1. The van der Waals surface area contributed by atoms with Gasteiger partial charge in [0.15, 0.2) is 0 Å².